The minimum Gasteiger partial charge on any atom is -0.459 e. The maximum Gasteiger partial charge on any atom is 0.350 e. The molecule has 1 aliphatic rings. The summed E-state index contributed by atoms with van der Waals surface area (Å²) in [5.41, 5.74) is -1.97. The molecule has 4 atom stereocenters. The predicted molar refractivity (Wildman–Crippen MR) is 144 cm³/mol. The average Bonchev–Trinajstić information content (AvgIpc) is 3.55. The second-order valence-electron chi connectivity index (χ2n) is 10.4. The topological polar surface area (TPSA) is 158 Å². The molecule has 15 heteroatoms. The van der Waals surface area contributed by atoms with E-state index >= 15 is 4.39 Å². The van der Waals surface area contributed by atoms with Gasteiger partial charge in [-0.05, 0) is 11.4 Å². The van der Waals surface area contributed by atoms with Crippen LogP contribution < -0.4 is 11.2 Å². The van der Waals surface area contributed by atoms with E-state index in [1.54, 1.807) is 11.4 Å². The zero-order chi connectivity index (χ0) is 31.4. The summed E-state index contributed by atoms with van der Waals surface area (Å²) >= 11 is 1.09. The molecule has 2 aromatic rings. The number of alkyl halides is 1. The standard InChI is InChI=1S/C27H33FN2O11S/c1-14(2)22(32)37-12-27(28)20(40-24(34)16(5)6)19(39-23(33)15(3)4)21(41-27)29-10-9-18(31)30(26(29)36)13-38-25(35)17-8-7-11-42-17/h7-11,14-16,19-21H,12-13H2,1-6H3/t19-,20+,21-,27-/m1/s1. The van der Waals surface area contributed by atoms with Crippen LogP contribution in [0.2, 0.25) is 0 Å². The van der Waals surface area contributed by atoms with Crippen LogP contribution in [0.5, 0.6) is 0 Å². The fourth-order valence-corrected chi connectivity index (χ4v) is 4.25. The van der Waals surface area contributed by atoms with Gasteiger partial charge < -0.3 is 23.7 Å². The quantitative estimate of drug-likeness (QED) is 0.271. The van der Waals surface area contributed by atoms with Crippen molar-refractivity contribution < 1.29 is 47.3 Å². The van der Waals surface area contributed by atoms with Crippen molar-refractivity contribution >= 4 is 35.2 Å². The lowest BCUT2D eigenvalue weighted by Crippen LogP contribution is -2.49. The van der Waals surface area contributed by atoms with Gasteiger partial charge in [-0.15, -0.1) is 11.3 Å². The number of aromatic nitrogens is 2. The van der Waals surface area contributed by atoms with E-state index in [1.807, 2.05) is 0 Å². The molecule has 230 valence electrons. The van der Waals surface area contributed by atoms with Crippen LogP contribution in [0.25, 0.3) is 0 Å². The van der Waals surface area contributed by atoms with Crippen LogP contribution >= 0.6 is 11.3 Å². The average molecular weight is 613 g/mol. The van der Waals surface area contributed by atoms with Crippen LogP contribution in [0.4, 0.5) is 4.39 Å². The van der Waals surface area contributed by atoms with Crippen molar-refractivity contribution in [2.75, 3.05) is 6.61 Å². The molecule has 0 spiro atoms. The number of rotatable bonds is 11. The summed E-state index contributed by atoms with van der Waals surface area (Å²) in [4.78, 5) is 75.9. The monoisotopic (exact) mass is 612 g/mol. The summed E-state index contributed by atoms with van der Waals surface area (Å²) < 4.78 is 44.4. The second kappa shape index (κ2) is 13.4. The maximum atomic E-state index is 16.6. The van der Waals surface area contributed by atoms with Crippen molar-refractivity contribution in [1.29, 1.82) is 0 Å². The Morgan fingerprint density at radius 1 is 0.952 bits per heavy atom. The molecule has 1 aliphatic heterocycles. The molecule has 0 unspecified atom stereocenters. The summed E-state index contributed by atoms with van der Waals surface area (Å²) in [5, 5.41) is 1.64. The molecule has 42 heavy (non-hydrogen) atoms. The van der Waals surface area contributed by atoms with E-state index in [-0.39, 0.29) is 4.88 Å². The van der Waals surface area contributed by atoms with Gasteiger partial charge >= 0.3 is 29.6 Å². The number of esters is 4. The van der Waals surface area contributed by atoms with Crippen LogP contribution in [-0.4, -0.2) is 57.7 Å². The number of halogens is 1. The Balaban J connectivity index is 2.06. The largest absolute Gasteiger partial charge is 0.459 e. The van der Waals surface area contributed by atoms with E-state index in [0.717, 1.165) is 28.2 Å². The van der Waals surface area contributed by atoms with Gasteiger partial charge in [0.15, 0.2) is 25.7 Å². The van der Waals surface area contributed by atoms with Crippen LogP contribution in [0.15, 0.2) is 39.4 Å². The van der Waals surface area contributed by atoms with Crippen LogP contribution in [0.1, 0.15) is 57.4 Å². The third kappa shape index (κ3) is 7.31. The third-order valence-corrected chi connectivity index (χ3v) is 6.91. The maximum absolute atomic E-state index is 16.6. The number of thiophene rings is 1. The lowest BCUT2D eigenvalue weighted by molar-refractivity contribution is -0.226. The number of hydrogen-bond acceptors (Lipinski definition) is 12. The van der Waals surface area contributed by atoms with Crippen molar-refractivity contribution in [3.05, 3.63) is 55.5 Å². The summed E-state index contributed by atoms with van der Waals surface area (Å²) in [5.74, 6) is -8.48. The van der Waals surface area contributed by atoms with E-state index in [0.29, 0.717) is 4.57 Å². The molecule has 3 rings (SSSR count). The summed E-state index contributed by atoms with van der Waals surface area (Å²) in [6, 6.07) is 4.03. The Bertz CT molecular complexity index is 1420. The lowest BCUT2D eigenvalue weighted by atomic mass is 10.1. The molecule has 0 amide bonds. The van der Waals surface area contributed by atoms with Gasteiger partial charge in [0.1, 0.15) is 4.88 Å². The molecule has 13 nitrogen and oxygen atoms in total. The van der Waals surface area contributed by atoms with Gasteiger partial charge in [0.05, 0.1) is 17.8 Å². The third-order valence-electron chi connectivity index (χ3n) is 6.06. The van der Waals surface area contributed by atoms with E-state index in [4.69, 9.17) is 23.7 Å². The molecule has 0 N–H and O–H groups in total. The fraction of sp³-hybridized carbons (Fsp3) is 0.556. The zero-order valence-electron chi connectivity index (χ0n) is 23.9. The minimum absolute atomic E-state index is 0.229. The zero-order valence-corrected chi connectivity index (χ0v) is 24.8. The van der Waals surface area contributed by atoms with Gasteiger partial charge in [-0.1, -0.05) is 47.6 Å². The Hall–Kier alpha value is -3.85. The predicted octanol–water partition coefficient (Wildman–Crippen LogP) is 2.42. The van der Waals surface area contributed by atoms with E-state index in [9.17, 15) is 28.8 Å². The molecule has 2 aromatic heterocycles. The first-order valence-electron chi connectivity index (χ1n) is 13.1. The highest BCUT2D eigenvalue weighted by atomic mass is 32.1. The number of ether oxygens (including phenoxy) is 5. The van der Waals surface area contributed by atoms with Crippen LogP contribution in [0, 0.1) is 17.8 Å². The van der Waals surface area contributed by atoms with Crippen molar-refractivity contribution in [3.8, 4) is 0 Å². The molecule has 1 fully saturated rings. The Morgan fingerprint density at radius 3 is 2.14 bits per heavy atom. The summed E-state index contributed by atoms with van der Waals surface area (Å²) in [7, 11) is 0. The summed E-state index contributed by atoms with van der Waals surface area (Å²) in [6.07, 6.45) is -4.57. The first kappa shape index (κ1) is 32.7. The van der Waals surface area contributed by atoms with Gasteiger partial charge in [-0.25, -0.2) is 18.5 Å². The highest BCUT2D eigenvalue weighted by Crippen LogP contribution is 2.42. The van der Waals surface area contributed by atoms with E-state index < -0.39 is 90.5 Å². The van der Waals surface area contributed by atoms with Crippen molar-refractivity contribution in [2.24, 2.45) is 17.8 Å². The Labute approximate surface area is 244 Å². The number of carbonyl (C=O) groups excluding carboxylic acids is 4. The van der Waals surface area contributed by atoms with Gasteiger partial charge in [-0.3, -0.25) is 23.7 Å². The molecule has 0 bridgehead atoms. The lowest BCUT2D eigenvalue weighted by Gasteiger charge is -2.28. The van der Waals surface area contributed by atoms with Gasteiger partial charge in [-0.2, -0.15) is 0 Å². The molecule has 0 radical (unpaired) electrons. The Kier molecular flexibility index (Phi) is 10.4. The number of nitrogens with zero attached hydrogens (tertiary/aromatic N) is 2. The van der Waals surface area contributed by atoms with E-state index in [2.05, 4.69) is 0 Å². The first-order valence-corrected chi connectivity index (χ1v) is 14.0. The minimum atomic E-state index is -3.08. The van der Waals surface area contributed by atoms with Gasteiger partial charge in [0.2, 0.25) is 6.10 Å². The SMILES string of the molecule is CC(C)C(=O)OC[C@@]1(F)O[C@@H](n2ccc(=O)n(COC(=O)c3cccs3)c2=O)[C@H](OC(=O)C(C)C)[C@@H]1OC(=O)C(C)C. The van der Waals surface area contributed by atoms with Crippen molar-refractivity contribution in [1.82, 2.24) is 9.13 Å². The highest BCUT2D eigenvalue weighted by Gasteiger charge is 2.62. The smallest absolute Gasteiger partial charge is 0.350 e. The Morgan fingerprint density at radius 2 is 1.57 bits per heavy atom. The number of hydrogen-bond donors (Lipinski definition) is 0. The molecular weight excluding hydrogens is 579 g/mol. The number of carbonyl (C=O) groups is 4. The van der Waals surface area contributed by atoms with Crippen LogP contribution in [0.3, 0.4) is 0 Å². The first-order chi connectivity index (χ1) is 19.7. The van der Waals surface area contributed by atoms with Crippen LogP contribution in [-0.2, 0) is 44.8 Å². The molecule has 0 aromatic carbocycles. The fourth-order valence-electron chi connectivity index (χ4n) is 3.64. The highest BCUT2D eigenvalue weighted by molar-refractivity contribution is 7.11. The van der Waals surface area contributed by atoms with Crippen molar-refractivity contribution in [3.63, 3.8) is 0 Å². The van der Waals surface area contributed by atoms with Gasteiger partial charge in [0, 0.05) is 12.3 Å². The molecule has 0 aliphatic carbocycles. The summed E-state index contributed by atoms with van der Waals surface area (Å²) in [6.45, 7) is 7.15. The van der Waals surface area contributed by atoms with E-state index in [1.165, 1.54) is 47.6 Å². The molecule has 3 heterocycles. The molecule has 0 saturated carbocycles. The van der Waals surface area contributed by atoms with Crippen molar-refractivity contribution in [2.45, 2.75) is 72.6 Å². The normalized spacial score (nSPS) is 21.9. The second-order valence-corrected chi connectivity index (χ2v) is 11.4. The van der Waals surface area contributed by atoms with Gasteiger partial charge in [0.25, 0.3) is 11.4 Å². The molecular formula is C27H33FN2O11S. The molecule has 1 saturated heterocycles.